The van der Waals surface area contributed by atoms with Crippen molar-refractivity contribution in [1.82, 2.24) is 0 Å². The van der Waals surface area contributed by atoms with Crippen LogP contribution in [0.4, 0.5) is 8.78 Å². The molecule has 16 heavy (non-hydrogen) atoms. The van der Waals surface area contributed by atoms with Crippen LogP contribution in [0, 0.1) is 18.6 Å². The smallest absolute Gasteiger partial charge is 0.164 e. The van der Waals surface area contributed by atoms with Gasteiger partial charge in [-0.15, -0.1) is 0 Å². The maximum absolute atomic E-state index is 13.5. The Kier molecular flexibility index (Phi) is 5.22. The number of halogens is 2. The van der Waals surface area contributed by atoms with E-state index in [1.807, 2.05) is 6.26 Å². The van der Waals surface area contributed by atoms with Gasteiger partial charge in [-0.1, -0.05) is 12.1 Å². The van der Waals surface area contributed by atoms with E-state index in [2.05, 4.69) is 0 Å². The van der Waals surface area contributed by atoms with Crippen molar-refractivity contribution >= 4 is 11.8 Å². The Balaban J connectivity index is 2.76. The number of hydrogen-bond donors (Lipinski definition) is 1. The molecule has 0 bridgehead atoms. The number of benzene rings is 1. The molecule has 1 nitrogen and oxygen atoms in total. The summed E-state index contributed by atoms with van der Waals surface area (Å²) in [6, 6.07) is 2.95. The van der Waals surface area contributed by atoms with Crippen LogP contribution in [0.5, 0.6) is 0 Å². The first-order valence-corrected chi connectivity index (χ1v) is 6.58. The number of rotatable bonds is 5. The molecular formula is C12H16F2OS. The van der Waals surface area contributed by atoms with Crippen LogP contribution in [0.1, 0.15) is 30.1 Å². The molecule has 0 heterocycles. The summed E-state index contributed by atoms with van der Waals surface area (Å²) in [5, 5.41) is 9.73. The van der Waals surface area contributed by atoms with Crippen molar-refractivity contribution in [3.63, 3.8) is 0 Å². The third-order valence-corrected chi connectivity index (χ3v) is 3.19. The first-order valence-electron chi connectivity index (χ1n) is 5.19. The summed E-state index contributed by atoms with van der Waals surface area (Å²) < 4.78 is 26.7. The maximum atomic E-state index is 13.5. The van der Waals surface area contributed by atoms with Gasteiger partial charge in [0.25, 0.3) is 0 Å². The van der Waals surface area contributed by atoms with Gasteiger partial charge in [0.2, 0.25) is 0 Å². The molecule has 1 rings (SSSR count). The average Bonchev–Trinajstić information content (AvgIpc) is 2.26. The molecule has 4 heteroatoms. The van der Waals surface area contributed by atoms with Gasteiger partial charge >= 0.3 is 0 Å². The van der Waals surface area contributed by atoms with Crippen LogP contribution in [0.25, 0.3) is 0 Å². The van der Waals surface area contributed by atoms with Crippen molar-refractivity contribution in [3.8, 4) is 0 Å². The van der Waals surface area contributed by atoms with Crippen LogP contribution in [0.2, 0.25) is 0 Å². The van der Waals surface area contributed by atoms with E-state index >= 15 is 0 Å². The molecule has 0 aliphatic rings. The van der Waals surface area contributed by atoms with Gasteiger partial charge in [0.05, 0.1) is 6.10 Å². The van der Waals surface area contributed by atoms with Gasteiger partial charge in [0.1, 0.15) is 0 Å². The minimum absolute atomic E-state index is 0.0594. The molecule has 0 aliphatic carbocycles. The summed E-state index contributed by atoms with van der Waals surface area (Å²) >= 11 is 1.67. The van der Waals surface area contributed by atoms with Crippen LogP contribution in [0.15, 0.2) is 12.1 Å². The van der Waals surface area contributed by atoms with Crippen LogP contribution >= 0.6 is 11.8 Å². The molecular weight excluding hydrogens is 230 g/mol. The first-order chi connectivity index (χ1) is 7.57. The van der Waals surface area contributed by atoms with E-state index in [9.17, 15) is 13.9 Å². The fourth-order valence-corrected chi connectivity index (χ4v) is 1.95. The largest absolute Gasteiger partial charge is 0.388 e. The molecule has 1 aromatic rings. The molecule has 1 atom stereocenters. The lowest BCUT2D eigenvalue weighted by Crippen LogP contribution is -2.04. The molecule has 1 N–H and O–H groups in total. The van der Waals surface area contributed by atoms with Crippen molar-refractivity contribution in [1.29, 1.82) is 0 Å². The first kappa shape index (κ1) is 13.5. The Hall–Kier alpha value is -0.610. The van der Waals surface area contributed by atoms with Gasteiger partial charge in [0.15, 0.2) is 11.6 Å². The molecule has 0 amide bonds. The third-order valence-electron chi connectivity index (χ3n) is 2.49. The zero-order valence-electron chi connectivity index (χ0n) is 9.46. The van der Waals surface area contributed by atoms with Crippen molar-refractivity contribution in [2.75, 3.05) is 12.0 Å². The van der Waals surface area contributed by atoms with Gasteiger partial charge in [0, 0.05) is 5.56 Å². The molecule has 0 aliphatic heterocycles. The van der Waals surface area contributed by atoms with Gasteiger partial charge in [-0.05, 0) is 37.3 Å². The summed E-state index contributed by atoms with van der Waals surface area (Å²) in [7, 11) is 0. The summed E-state index contributed by atoms with van der Waals surface area (Å²) in [6.07, 6.45) is 2.30. The second kappa shape index (κ2) is 6.21. The Bertz CT molecular complexity index is 355. The van der Waals surface area contributed by atoms with Crippen molar-refractivity contribution in [2.45, 2.75) is 25.9 Å². The molecule has 0 radical (unpaired) electrons. The molecule has 1 aromatic carbocycles. The highest BCUT2D eigenvalue weighted by atomic mass is 32.2. The Labute approximate surface area is 98.9 Å². The lowest BCUT2D eigenvalue weighted by Gasteiger charge is -2.12. The van der Waals surface area contributed by atoms with Crippen molar-refractivity contribution < 1.29 is 13.9 Å². The maximum Gasteiger partial charge on any atom is 0.164 e. The standard InChI is InChI=1S/C12H16F2OS/c1-8-5-6-9(12(14)11(8)13)10(15)4-3-7-16-2/h5-6,10,15H,3-4,7H2,1-2H3. The van der Waals surface area contributed by atoms with E-state index < -0.39 is 17.7 Å². The zero-order chi connectivity index (χ0) is 12.1. The van der Waals surface area contributed by atoms with Crippen LogP contribution < -0.4 is 0 Å². The lowest BCUT2D eigenvalue weighted by atomic mass is 10.0. The summed E-state index contributed by atoms with van der Waals surface area (Å²) in [5.74, 6) is -0.870. The highest BCUT2D eigenvalue weighted by Crippen LogP contribution is 2.25. The fourth-order valence-electron chi connectivity index (χ4n) is 1.49. The highest BCUT2D eigenvalue weighted by Gasteiger charge is 2.17. The Morgan fingerprint density at radius 3 is 2.62 bits per heavy atom. The second-order valence-electron chi connectivity index (χ2n) is 3.75. The van der Waals surface area contributed by atoms with E-state index in [4.69, 9.17) is 0 Å². The number of aryl methyl sites for hydroxylation is 1. The van der Waals surface area contributed by atoms with Gasteiger partial charge < -0.3 is 5.11 Å². The van der Waals surface area contributed by atoms with Crippen LogP contribution in [0.3, 0.4) is 0 Å². The zero-order valence-corrected chi connectivity index (χ0v) is 10.3. The number of aliphatic hydroxyl groups excluding tert-OH is 1. The molecule has 90 valence electrons. The third kappa shape index (κ3) is 3.19. The minimum Gasteiger partial charge on any atom is -0.388 e. The quantitative estimate of drug-likeness (QED) is 0.803. The van der Waals surface area contributed by atoms with Crippen molar-refractivity contribution in [2.24, 2.45) is 0 Å². The monoisotopic (exact) mass is 246 g/mol. The fraction of sp³-hybridized carbons (Fsp3) is 0.500. The number of thioether (sulfide) groups is 1. The minimum atomic E-state index is -0.920. The molecule has 0 saturated carbocycles. The van der Waals surface area contributed by atoms with E-state index in [1.54, 1.807) is 11.8 Å². The molecule has 1 unspecified atom stereocenters. The second-order valence-corrected chi connectivity index (χ2v) is 4.74. The number of aliphatic hydroxyl groups is 1. The molecule has 0 spiro atoms. The SMILES string of the molecule is CSCCCC(O)c1ccc(C)c(F)c1F. The van der Waals surface area contributed by atoms with E-state index in [0.29, 0.717) is 6.42 Å². The normalized spacial score (nSPS) is 12.8. The number of hydrogen-bond acceptors (Lipinski definition) is 2. The average molecular weight is 246 g/mol. The van der Waals surface area contributed by atoms with Gasteiger partial charge in [-0.25, -0.2) is 8.78 Å². The summed E-state index contributed by atoms with van der Waals surface area (Å²) in [4.78, 5) is 0. The molecule has 0 saturated heterocycles. The van der Waals surface area contributed by atoms with Gasteiger partial charge in [-0.2, -0.15) is 11.8 Å². The predicted octanol–water partition coefficient (Wildman–Crippen LogP) is 3.45. The Morgan fingerprint density at radius 1 is 1.31 bits per heavy atom. The summed E-state index contributed by atoms with van der Waals surface area (Å²) in [5.41, 5.74) is 0.321. The van der Waals surface area contributed by atoms with E-state index in [0.717, 1.165) is 12.2 Å². The van der Waals surface area contributed by atoms with Gasteiger partial charge in [-0.3, -0.25) is 0 Å². The Morgan fingerprint density at radius 2 is 2.00 bits per heavy atom. The predicted molar refractivity (Wildman–Crippen MR) is 63.7 cm³/mol. The van der Waals surface area contributed by atoms with Crippen molar-refractivity contribution in [3.05, 3.63) is 34.9 Å². The van der Waals surface area contributed by atoms with E-state index in [1.165, 1.54) is 19.1 Å². The summed E-state index contributed by atoms with van der Waals surface area (Å²) in [6.45, 7) is 1.50. The highest BCUT2D eigenvalue weighted by molar-refractivity contribution is 7.98. The molecule has 0 fully saturated rings. The topological polar surface area (TPSA) is 20.2 Å². The van der Waals surface area contributed by atoms with Crippen LogP contribution in [-0.4, -0.2) is 17.1 Å². The molecule has 0 aromatic heterocycles. The van der Waals surface area contributed by atoms with E-state index in [-0.39, 0.29) is 11.1 Å². The van der Waals surface area contributed by atoms with Crippen LogP contribution in [-0.2, 0) is 0 Å². The lowest BCUT2D eigenvalue weighted by molar-refractivity contribution is 0.161.